The number of aliphatic imine (C=N–C) groups is 1. The molecule has 3 N–H and O–H groups in total. The van der Waals surface area contributed by atoms with Gasteiger partial charge < -0.3 is 20.5 Å². The maximum absolute atomic E-state index is 13.5. The molecule has 10 heteroatoms. The number of nitrogens with zero attached hydrogens (tertiary/aromatic N) is 4. The van der Waals surface area contributed by atoms with Crippen molar-refractivity contribution in [3.05, 3.63) is 77.3 Å². The first-order valence-corrected chi connectivity index (χ1v) is 11.8. The SMILES string of the molecule is COCC(=O)N[C@@H](C)CCc1nccc(C2=C(c3cnc(N)c(OC)c3)N=C(c3ccc(F)cc3)C2)n1. The van der Waals surface area contributed by atoms with E-state index in [0.29, 0.717) is 36.5 Å². The van der Waals surface area contributed by atoms with Gasteiger partial charge >= 0.3 is 0 Å². The fourth-order valence-electron chi connectivity index (χ4n) is 4.05. The molecule has 3 heterocycles. The van der Waals surface area contributed by atoms with E-state index in [2.05, 4.69) is 15.3 Å². The molecular weight excluding hydrogens is 475 g/mol. The number of hydrogen-bond acceptors (Lipinski definition) is 8. The lowest BCUT2D eigenvalue weighted by atomic mass is 9.99. The predicted molar refractivity (Wildman–Crippen MR) is 139 cm³/mol. The van der Waals surface area contributed by atoms with Gasteiger partial charge in [-0.2, -0.15) is 0 Å². The number of aryl methyl sites for hydroxylation is 1. The summed E-state index contributed by atoms with van der Waals surface area (Å²) in [5.41, 5.74) is 10.6. The second-order valence-corrected chi connectivity index (χ2v) is 8.68. The second kappa shape index (κ2) is 11.7. The minimum absolute atomic E-state index is 0.0222. The molecule has 1 amide bonds. The van der Waals surface area contributed by atoms with Crippen molar-refractivity contribution in [2.75, 3.05) is 26.6 Å². The van der Waals surface area contributed by atoms with Crippen molar-refractivity contribution in [2.45, 2.75) is 32.2 Å². The highest BCUT2D eigenvalue weighted by Gasteiger charge is 2.24. The highest BCUT2D eigenvalue weighted by molar-refractivity contribution is 6.16. The Morgan fingerprint density at radius 3 is 2.68 bits per heavy atom. The molecule has 0 aliphatic carbocycles. The summed E-state index contributed by atoms with van der Waals surface area (Å²) >= 11 is 0. The van der Waals surface area contributed by atoms with Gasteiger partial charge in [-0.25, -0.2) is 19.3 Å². The number of allylic oxidation sites excluding steroid dienone is 1. The zero-order chi connectivity index (χ0) is 26.4. The number of methoxy groups -OCH3 is 2. The number of amides is 1. The summed E-state index contributed by atoms with van der Waals surface area (Å²) in [6, 6.07) is 9.83. The Morgan fingerprint density at radius 1 is 1.16 bits per heavy atom. The number of benzene rings is 1. The number of pyridine rings is 1. The molecule has 1 aromatic carbocycles. The number of hydrogen-bond donors (Lipinski definition) is 2. The monoisotopic (exact) mass is 504 g/mol. The number of anilines is 1. The lowest BCUT2D eigenvalue weighted by Crippen LogP contribution is -2.35. The third-order valence-corrected chi connectivity index (χ3v) is 5.93. The summed E-state index contributed by atoms with van der Waals surface area (Å²) in [7, 11) is 3.01. The van der Waals surface area contributed by atoms with Crippen molar-refractivity contribution in [1.82, 2.24) is 20.3 Å². The van der Waals surface area contributed by atoms with Gasteiger partial charge in [-0.15, -0.1) is 0 Å². The first-order valence-electron chi connectivity index (χ1n) is 11.8. The van der Waals surface area contributed by atoms with Gasteiger partial charge in [0.1, 0.15) is 18.2 Å². The van der Waals surface area contributed by atoms with Gasteiger partial charge in [0.25, 0.3) is 0 Å². The lowest BCUT2D eigenvalue weighted by molar-refractivity contribution is -0.125. The predicted octanol–water partition coefficient (Wildman–Crippen LogP) is 3.45. The Hall–Kier alpha value is -4.18. The zero-order valence-corrected chi connectivity index (χ0v) is 21.0. The van der Waals surface area contributed by atoms with Crippen LogP contribution in [0.5, 0.6) is 5.75 Å². The molecule has 0 saturated heterocycles. The second-order valence-electron chi connectivity index (χ2n) is 8.68. The molecule has 9 nitrogen and oxygen atoms in total. The molecule has 0 fully saturated rings. The van der Waals surface area contributed by atoms with Gasteiger partial charge in [0.2, 0.25) is 5.91 Å². The largest absolute Gasteiger partial charge is 0.493 e. The lowest BCUT2D eigenvalue weighted by Gasteiger charge is -2.13. The Kier molecular flexibility index (Phi) is 8.19. The van der Waals surface area contributed by atoms with Crippen molar-refractivity contribution in [1.29, 1.82) is 0 Å². The average molecular weight is 505 g/mol. The van der Waals surface area contributed by atoms with Gasteiger partial charge in [-0.3, -0.25) is 9.79 Å². The molecule has 0 saturated carbocycles. The van der Waals surface area contributed by atoms with E-state index in [1.54, 1.807) is 30.6 Å². The average Bonchev–Trinajstić information content (AvgIpc) is 3.34. The molecule has 4 rings (SSSR count). The van der Waals surface area contributed by atoms with E-state index in [1.165, 1.54) is 26.4 Å². The molecule has 0 spiro atoms. The van der Waals surface area contributed by atoms with E-state index >= 15 is 0 Å². The number of nitrogen functional groups attached to an aromatic ring is 1. The quantitative estimate of drug-likeness (QED) is 0.433. The third kappa shape index (κ3) is 6.34. The molecule has 1 atom stereocenters. The molecule has 1 aliphatic rings. The van der Waals surface area contributed by atoms with Crippen molar-refractivity contribution in [3.8, 4) is 5.75 Å². The molecular formula is C27H29FN6O3. The van der Waals surface area contributed by atoms with E-state index in [-0.39, 0.29) is 30.2 Å². The molecule has 2 aromatic heterocycles. The van der Waals surface area contributed by atoms with Crippen LogP contribution in [0.4, 0.5) is 10.2 Å². The fraction of sp³-hybridized carbons (Fsp3) is 0.296. The van der Waals surface area contributed by atoms with Crippen LogP contribution in [-0.4, -0.2) is 53.4 Å². The van der Waals surface area contributed by atoms with Crippen LogP contribution in [0.3, 0.4) is 0 Å². The Labute approximate surface area is 214 Å². The summed E-state index contributed by atoms with van der Waals surface area (Å²) in [4.78, 5) is 30.1. The topological polar surface area (TPSA) is 125 Å². The van der Waals surface area contributed by atoms with Crippen LogP contribution >= 0.6 is 0 Å². The van der Waals surface area contributed by atoms with E-state index in [1.807, 2.05) is 13.0 Å². The van der Waals surface area contributed by atoms with Crippen molar-refractivity contribution in [2.24, 2.45) is 4.99 Å². The van der Waals surface area contributed by atoms with Crippen LogP contribution in [0.2, 0.25) is 0 Å². The van der Waals surface area contributed by atoms with E-state index in [0.717, 1.165) is 28.1 Å². The number of nitrogens with one attached hydrogen (secondary N) is 1. The van der Waals surface area contributed by atoms with Gasteiger partial charge in [-0.05, 0) is 43.2 Å². The number of nitrogens with two attached hydrogens (primary N) is 1. The van der Waals surface area contributed by atoms with E-state index < -0.39 is 0 Å². The van der Waals surface area contributed by atoms with Crippen molar-refractivity contribution < 1.29 is 18.7 Å². The number of aromatic nitrogens is 3. The smallest absolute Gasteiger partial charge is 0.246 e. The van der Waals surface area contributed by atoms with Crippen LogP contribution in [0.15, 0.2) is 53.8 Å². The zero-order valence-electron chi connectivity index (χ0n) is 21.0. The fourth-order valence-corrected chi connectivity index (χ4v) is 4.05. The van der Waals surface area contributed by atoms with E-state index in [9.17, 15) is 9.18 Å². The molecule has 0 unspecified atom stereocenters. The standard InChI is InChI=1S/C27H29FN6O3/c1-16(32-25(35)15-36-2)4-9-24-30-11-10-21(33-24)20-13-22(17-5-7-19(28)8-6-17)34-26(20)18-12-23(37-3)27(29)31-14-18/h5-8,10-12,14,16H,4,9,13,15H2,1-3H3,(H2,29,31)(H,32,35)/t16-/m0/s1. The van der Waals surface area contributed by atoms with Gasteiger partial charge in [0.05, 0.1) is 24.2 Å². The van der Waals surface area contributed by atoms with Crippen molar-refractivity contribution >= 4 is 28.7 Å². The van der Waals surface area contributed by atoms with Gasteiger partial charge in [-0.1, -0.05) is 12.1 Å². The summed E-state index contributed by atoms with van der Waals surface area (Å²) in [6.07, 6.45) is 5.10. The summed E-state index contributed by atoms with van der Waals surface area (Å²) < 4.78 is 23.8. The van der Waals surface area contributed by atoms with Gasteiger partial charge in [0.15, 0.2) is 11.6 Å². The normalized spacial score (nSPS) is 13.9. The number of rotatable bonds is 10. The molecule has 0 bridgehead atoms. The number of carbonyl (C=O) groups is 1. The van der Waals surface area contributed by atoms with Crippen molar-refractivity contribution in [3.63, 3.8) is 0 Å². The Balaban J connectivity index is 1.63. The Bertz CT molecular complexity index is 1340. The van der Waals surface area contributed by atoms with Crippen LogP contribution < -0.4 is 15.8 Å². The highest BCUT2D eigenvalue weighted by Crippen LogP contribution is 2.37. The molecule has 0 radical (unpaired) electrons. The molecule has 192 valence electrons. The first-order chi connectivity index (χ1) is 17.9. The number of ether oxygens (including phenoxy) is 2. The maximum atomic E-state index is 13.5. The minimum atomic E-state index is -0.309. The molecule has 1 aliphatic heterocycles. The summed E-state index contributed by atoms with van der Waals surface area (Å²) in [6.45, 7) is 1.95. The Morgan fingerprint density at radius 2 is 1.95 bits per heavy atom. The van der Waals surface area contributed by atoms with Crippen LogP contribution in [0.1, 0.15) is 42.4 Å². The number of carbonyl (C=O) groups excluding carboxylic acids is 1. The number of halogens is 1. The molecule has 37 heavy (non-hydrogen) atoms. The van der Waals surface area contributed by atoms with Crippen LogP contribution in [0.25, 0.3) is 11.3 Å². The van der Waals surface area contributed by atoms with E-state index in [4.69, 9.17) is 25.2 Å². The third-order valence-electron chi connectivity index (χ3n) is 5.93. The van der Waals surface area contributed by atoms with Crippen LogP contribution in [-0.2, 0) is 16.0 Å². The minimum Gasteiger partial charge on any atom is -0.493 e. The van der Waals surface area contributed by atoms with Crippen LogP contribution in [0, 0.1) is 5.82 Å². The summed E-state index contributed by atoms with van der Waals surface area (Å²) in [5.74, 6) is 0.910. The maximum Gasteiger partial charge on any atom is 0.246 e. The highest BCUT2D eigenvalue weighted by atomic mass is 19.1. The van der Waals surface area contributed by atoms with Gasteiger partial charge in [0, 0.05) is 49.5 Å². The first kappa shape index (κ1) is 25.9. The summed E-state index contributed by atoms with van der Waals surface area (Å²) in [5, 5.41) is 2.89. The molecule has 3 aromatic rings.